The van der Waals surface area contributed by atoms with E-state index in [1.165, 1.54) is 0 Å². The molecule has 3 N–H and O–H groups in total. The van der Waals surface area contributed by atoms with Crippen molar-refractivity contribution in [3.8, 4) is 0 Å². The molecular formula is C13H19NO6. The van der Waals surface area contributed by atoms with Crippen LogP contribution in [0.25, 0.3) is 0 Å². The van der Waals surface area contributed by atoms with Crippen molar-refractivity contribution in [1.82, 2.24) is 0 Å². The maximum Gasteiger partial charge on any atom is 0.335 e. The number of carboxylic acids is 1. The lowest BCUT2D eigenvalue weighted by molar-refractivity contribution is -0.164. The number of nitrogens with two attached hydrogens (primary N) is 1. The number of Topliss-reactive ketones (excluding diaryl/α,β-unsaturated/α-hetero) is 1. The lowest BCUT2D eigenvalue weighted by Gasteiger charge is -2.15. The molecule has 7 heteroatoms. The fourth-order valence-corrected chi connectivity index (χ4v) is 1.82. The average Bonchev–Trinajstić information content (AvgIpc) is 2.74. The average molecular weight is 285 g/mol. The number of hydrogen-bond acceptors (Lipinski definition) is 6. The molecule has 2 rings (SSSR count). The molecule has 0 aromatic heterocycles. The molecule has 0 radical (unpaired) electrons. The highest BCUT2D eigenvalue weighted by Crippen LogP contribution is 2.21. The first-order valence-electron chi connectivity index (χ1n) is 6.31. The Bertz CT molecular complexity index is 438. The van der Waals surface area contributed by atoms with E-state index in [1.54, 1.807) is 19.8 Å². The van der Waals surface area contributed by atoms with E-state index in [-0.39, 0.29) is 24.9 Å². The number of ketones is 1. The number of carboxylic acid groups (broad SMARTS) is 1. The molecule has 7 nitrogen and oxygen atoms in total. The molecule has 1 heterocycles. The second-order valence-electron chi connectivity index (χ2n) is 5.15. The molecule has 112 valence electrons. The second kappa shape index (κ2) is 6.76. The number of aliphatic carboxylic acids is 1. The van der Waals surface area contributed by atoms with E-state index in [2.05, 4.69) is 0 Å². The lowest BCUT2D eigenvalue weighted by atomic mass is 9.91. The minimum absolute atomic E-state index is 0.0374. The summed E-state index contributed by atoms with van der Waals surface area (Å²) in [6.07, 6.45) is 0.653. The van der Waals surface area contributed by atoms with E-state index in [0.717, 1.165) is 0 Å². The van der Waals surface area contributed by atoms with Gasteiger partial charge in [-0.2, -0.15) is 0 Å². The first-order valence-corrected chi connectivity index (χ1v) is 6.31. The molecule has 2 aliphatic rings. The van der Waals surface area contributed by atoms with E-state index in [9.17, 15) is 14.4 Å². The Morgan fingerprint density at radius 1 is 1.50 bits per heavy atom. The third-order valence-corrected chi connectivity index (χ3v) is 2.99. The molecule has 2 fully saturated rings. The van der Waals surface area contributed by atoms with Crippen LogP contribution in [0, 0.1) is 0 Å². The van der Waals surface area contributed by atoms with Crippen molar-refractivity contribution in [2.45, 2.75) is 51.0 Å². The number of carbonyl (C=O) groups is 2. The third-order valence-electron chi connectivity index (χ3n) is 2.99. The Hall–Kier alpha value is -1.53. The third kappa shape index (κ3) is 4.86. The summed E-state index contributed by atoms with van der Waals surface area (Å²) in [5, 5.41) is 8.44. The smallest absolute Gasteiger partial charge is 0.335 e. The van der Waals surface area contributed by atoms with Gasteiger partial charge >= 0.3 is 5.97 Å². The normalized spacial score (nSPS) is 28.4. The lowest BCUT2D eigenvalue weighted by Crippen LogP contribution is -2.33. The van der Waals surface area contributed by atoms with Gasteiger partial charge in [0.15, 0.2) is 17.7 Å². The fraction of sp³-hybridized carbons (Fsp3) is 0.692. The van der Waals surface area contributed by atoms with Crippen molar-refractivity contribution in [3.63, 3.8) is 0 Å². The minimum atomic E-state index is -0.967. The van der Waals surface area contributed by atoms with E-state index < -0.39 is 17.9 Å². The Morgan fingerprint density at radius 2 is 2.15 bits per heavy atom. The van der Waals surface area contributed by atoms with Gasteiger partial charge in [0.1, 0.15) is 5.94 Å². The summed E-state index contributed by atoms with van der Waals surface area (Å²) in [6, 6.07) is -0.350. The van der Waals surface area contributed by atoms with Crippen LogP contribution in [0.2, 0.25) is 0 Å². The summed E-state index contributed by atoms with van der Waals surface area (Å²) >= 11 is 0. The summed E-state index contributed by atoms with van der Waals surface area (Å²) in [6.45, 7) is 3.52. The van der Waals surface area contributed by atoms with Crippen molar-refractivity contribution in [2.75, 3.05) is 6.61 Å². The quantitative estimate of drug-likeness (QED) is 0.654. The summed E-state index contributed by atoms with van der Waals surface area (Å²) in [7, 11) is 0. The molecular weight excluding hydrogens is 266 g/mol. The zero-order valence-electron chi connectivity index (χ0n) is 11.5. The van der Waals surface area contributed by atoms with Gasteiger partial charge in [0.25, 0.3) is 0 Å². The SMILES string of the molecule is CC1(C)OCC(C(=O)O)O1.NC1CCC(=C=O)CC1=O. The van der Waals surface area contributed by atoms with E-state index in [1.807, 2.05) is 0 Å². The highest BCUT2D eigenvalue weighted by molar-refractivity contribution is 5.88. The molecule has 1 aliphatic carbocycles. The highest BCUT2D eigenvalue weighted by atomic mass is 16.7. The largest absolute Gasteiger partial charge is 0.479 e. The first-order chi connectivity index (χ1) is 9.25. The zero-order chi connectivity index (χ0) is 15.3. The molecule has 0 amide bonds. The Labute approximate surface area is 116 Å². The number of allylic oxidation sites excluding steroid dienone is 1. The summed E-state index contributed by atoms with van der Waals surface area (Å²) in [5.74, 6) is 0.00759. The van der Waals surface area contributed by atoms with Crippen molar-refractivity contribution in [2.24, 2.45) is 5.73 Å². The van der Waals surface area contributed by atoms with Gasteiger partial charge in [-0.3, -0.25) is 4.79 Å². The van der Waals surface area contributed by atoms with Crippen molar-refractivity contribution >= 4 is 17.7 Å². The van der Waals surface area contributed by atoms with E-state index in [0.29, 0.717) is 18.4 Å². The van der Waals surface area contributed by atoms with Crippen LogP contribution in [0.4, 0.5) is 0 Å². The van der Waals surface area contributed by atoms with Gasteiger partial charge in [-0.1, -0.05) is 0 Å². The number of hydrogen-bond donors (Lipinski definition) is 2. The minimum Gasteiger partial charge on any atom is -0.479 e. The molecule has 1 saturated carbocycles. The van der Waals surface area contributed by atoms with E-state index >= 15 is 0 Å². The molecule has 2 atom stereocenters. The van der Waals surface area contributed by atoms with Gasteiger partial charge in [0.05, 0.1) is 12.6 Å². The molecule has 20 heavy (non-hydrogen) atoms. The van der Waals surface area contributed by atoms with Crippen LogP contribution in [0.5, 0.6) is 0 Å². The predicted molar refractivity (Wildman–Crippen MR) is 68.6 cm³/mol. The van der Waals surface area contributed by atoms with Crippen LogP contribution in [0.1, 0.15) is 33.1 Å². The van der Waals surface area contributed by atoms with Gasteiger partial charge in [0.2, 0.25) is 0 Å². The van der Waals surface area contributed by atoms with E-state index in [4.69, 9.17) is 20.3 Å². The maximum absolute atomic E-state index is 10.8. The zero-order valence-corrected chi connectivity index (χ0v) is 11.5. The maximum atomic E-state index is 10.8. The molecule has 0 spiro atoms. The molecule has 1 saturated heterocycles. The number of carbonyl (C=O) groups excluding carboxylic acids is 2. The Balaban J connectivity index is 0.000000200. The molecule has 1 aliphatic heterocycles. The van der Waals surface area contributed by atoms with Gasteiger partial charge < -0.3 is 20.3 Å². The molecule has 2 unspecified atom stereocenters. The monoisotopic (exact) mass is 285 g/mol. The standard InChI is InChI=1S/C7H9NO2.C6H10O4/c8-6-2-1-5(4-9)3-7(6)10;1-6(2)9-3-4(10-6)5(7)8/h6H,1-3,8H2;4H,3H2,1-2H3,(H,7,8). The second-order valence-corrected chi connectivity index (χ2v) is 5.15. The number of ether oxygens (including phenoxy) is 2. The van der Waals surface area contributed by atoms with Crippen molar-refractivity contribution < 1.29 is 29.0 Å². The first kappa shape index (κ1) is 16.5. The molecule has 0 aromatic carbocycles. The fourth-order valence-electron chi connectivity index (χ4n) is 1.82. The Kier molecular flexibility index (Phi) is 5.59. The van der Waals surface area contributed by atoms with Crippen molar-refractivity contribution in [1.29, 1.82) is 0 Å². The van der Waals surface area contributed by atoms with Gasteiger partial charge in [-0.15, -0.1) is 0 Å². The Morgan fingerprint density at radius 3 is 2.50 bits per heavy atom. The van der Waals surface area contributed by atoms with Crippen LogP contribution in [-0.4, -0.2) is 47.3 Å². The summed E-state index contributed by atoms with van der Waals surface area (Å²) < 4.78 is 10.00. The summed E-state index contributed by atoms with van der Waals surface area (Å²) in [4.78, 5) is 31.2. The molecule has 0 bridgehead atoms. The van der Waals surface area contributed by atoms with Crippen LogP contribution in [-0.2, 0) is 23.9 Å². The van der Waals surface area contributed by atoms with Crippen LogP contribution in [0.15, 0.2) is 5.57 Å². The van der Waals surface area contributed by atoms with Crippen LogP contribution >= 0.6 is 0 Å². The van der Waals surface area contributed by atoms with Gasteiger partial charge in [0, 0.05) is 12.0 Å². The number of rotatable bonds is 1. The predicted octanol–water partition coefficient (Wildman–Crippen LogP) is 0.0472. The van der Waals surface area contributed by atoms with Crippen LogP contribution < -0.4 is 5.73 Å². The topological polar surface area (TPSA) is 116 Å². The van der Waals surface area contributed by atoms with Crippen LogP contribution in [0.3, 0.4) is 0 Å². The van der Waals surface area contributed by atoms with Crippen molar-refractivity contribution in [3.05, 3.63) is 5.57 Å². The highest BCUT2D eigenvalue weighted by Gasteiger charge is 2.36. The summed E-state index contributed by atoms with van der Waals surface area (Å²) in [5.41, 5.74) is 5.96. The van der Waals surface area contributed by atoms with Gasteiger partial charge in [-0.05, 0) is 26.7 Å². The van der Waals surface area contributed by atoms with Gasteiger partial charge in [-0.25, -0.2) is 9.59 Å². The molecule has 0 aromatic rings.